The van der Waals surface area contributed by atoms with Gasteiger partial charge in [-0.3, -0.25) is 0 Å². The van der Waals surface area contributed by atoms with Gasteiger partial charge < -0.3 is 0 Å². The first kappa shape index (κ1) is 4.36. The zero-order valence-corrected chi connectivity index (χ0v) is 3.73. The molecule has 0 atom stereocenters. The van der Waals surface area contributed by atoms with Crippen molar-refractivity contribution in [3.05, 3.63) is 0 Å². The molecule has 0 saturated carbocycles. The van der Waals surface area contributed by atoms with Gasteiger partial charge in [-0.05, 0) is 0 Å². The van der Waals surface area contributed by atoms with E-state index >= 15 is 0 Å². The molecule has 0 unspecified atom stereocenters. The summed E-state index contributed by atoms with van der Waals surface area (Å²) < 4.78 is 0. The number of hydrogen-bond acceptors (Lipinski definition) is 2. The summed E-state index contributed by atoms with van der Waals surface area (Å²) in [5, 5.41) is 9.30. The first-order valence-electron chi connectivity index (χ1n) is 0.582. The van der Waals surface area contributed by atoms with Crippen LogP contribution < -0.4 is 0 Å². The second-order valence-corrected chi connectivity index (χ2v) is 1.23. The normalized spacial score (nSPS) is 5.00. The van der Waals surface area contributed by atoms with Crippen LogP contribution in [0.25, 0.3) is 0 Å². The Labute approximate surface area is 36.3 Å². The van der Waals surface area contributed by atoms with Crippen LogP contribution >= 0.6 is 10.2 Å². The van der Waals surface area contributed by atoms with Crippen molar-refractivity contribution in [1.82, 2.24) is 0 Å². The Morgan fingerprint density at radius 3 is 2.25 bits per heavy atom. The molecule has 0 aliphatic heterocycles. The van der Waals surface area contributed by atoms with Crippen molar-refractivity contribution in [2.45, 2.75) is 0 Å². The van der Waals surface area contributed by atoms with E-state index in [4.69, 9.17) is 5.26 Å². The van der Waals surface area contributed by atoms with Gasteiger partial charge in [0.2, 0.25) is 0 Å². The first-order valence-corrected chi connectivity index (χ1v) is 2.74. The summed E-state index contributed by atoms with van der Waals surface area (Å²) in [7, 11) is 0.975. The van der Waals surface area contributed by atoms with Crippen LogP contribution in [0.2, 0.25) is 0 Å². The molecule has 1 nitrogen and oxygen atoms in total. The monoisotopic (exact) mass is 113 g/mol. The molecule has 0 aromatic heterocycles. The van der Waals surface area contributed by atoms with Crippen LogP contribution in [0.1, 0.15) is 0 Å². The van der Waals surface area contributed by atoms with Gasteiger partial charge in [-0.2, -0.15) is 0 Å². The van der Waals surface area contributed by atoms with Crippen LogP contribution in [0.15, 0.2) is 0 Å². The molecule has 0 N–H and O–H groups in total. The second-order valence-electron chi connectivity index (χ2n) is 0.168. The summed E-state index contributed by atoms with van der Waals surface area (Å²) in [5.41, 5.74) is 0. The van der Waals surface area contributed by atoms with Crippen LogP contribution in [0.4, 0.5) is 0 Å². The minimum atomic E-state index is 0.975. The predicted octanol–water partition coefficient (Wildman–Crippen LogP) is 0.662. The number of thiocyanates is 1. The summed E-state index contributed by atoms with van der Waals surface area (Å²) in [6, 6.07) is 0. The summed E-state index contributed by atoms with van der Waals surface area (Å²) in [6.07, 6.45) is 0. The number of nitriles is 1. The van der Waals surface area contributed by atoms with E-state index in [0.717, 1.165) is 10.2 Å². The van der Waals surface area contributed by atoms with Crippen molar-refractivity contribution >= 4 is 10.2 Å². The van der Waals surface area contributed by atoms with Crippen molar-refractivity contribution in [3.8, 4) is 5.40 Å². The van der Waals surface area contributed by atoms with Crippen LogP contribution in [-0.2, 0) is 14.9 Å². The Morgan fingerprint density at radius 1 is 2.00 bits per heavy atom. The van der Waals surface area contributed by atoms with Gasteiger partial charge >= 0.3 is 35.7 Å². The summed E-state index contributed by atoms with van der Waals surface area (Å²) in [6.45, 7) is 0. The fourth-order valence-corrected chi connectivity index (χ4v) is 0. The number of nitrogens with zero attached hydrogens (tertiary/aromatic N) is 1. The fourth-order valence-electron chi connectivity index (χ4n) is 0. The van der Waals surface area contributed by atoms with Gasteiger partial charge in [0.25, 0.3) is 0 Å². The Morgan fingerprint density at radius 2 is 2.25 bits per heavy atom. The third kappa shape index (κ3) is 2.36. The molecule has 4 heavy (non-hydrogen) atoms. The average molecular weight is 113 g/mol. The maximum absolute atomic E-state index is 7.54. The van der Waals surface area contributed by atoms with E-state index in [1.165, 1.54) is 0 Å². The van der Waals surface area contributed by atoms with Crippen molar-refractivity contribution in [1.29, 1.82) is 5.26 Å². The molecule has 0 bridgehead atoms. The zero-order chi connectivity index (χ0) is 3.41. The Bertz CT molecular complexity index is 37.8. The molecule has 22 valence electrons. The van der Waals surface area contributed by atoms with Crippen molar-refractivity contribution in [2.75, 3.05) is 0 Å². The second kappa shape index (κ2) is 3.36. The van der Waals surface area contributed by atoms with Crippen LogP contribution in [0.3, 0.4) is 0 Å². The molecule has 0 radical (unpaired) electrons. The summed E-state index contributed by atoms with van der Waals surface area (Å²) in [5.74, 6) is 0. The van der Waals surface area contributed by atoms with Gasteiger partial charge in [0.1, 0.15) is 0 Å². The standard InChI is InChI=1S/CHNS.Mn/c2-1-3;/h3H;/q;+1/p-1. The van der Waals surface area contributed by atoms with Gasteiger partial charge in [-0.15, -0.1) is 0 Å². The molecule has 0 fully saturated rings. The van der Waals surface area contributed by atoms with Crippen molar-refractivity contribution < 1.29 is 14.9 Å². The van der Waals surface area contributed by atoms with E-state index in [9.17, 15) is 0 Å². The quantitative estimate of drug-likeness (QED) is 0.340. The average Bonchev–Trinajstić information content (AvgIpc) is 1.37. The van der Waals surface area contributed by atoms with E-state index < -0.39 is 0 Å². The van der Waals surface area contributed by atoms with Crippen LogP contribution in [0.5, 0.6) is 0 Å². The molecule has 0 saturated heterocycles. The molecular formula is CMnNS. The maximum atomic E-state index is 7.54. The Balaban J connectivity index is 2.43. The molecule has 0 rings (SSSR count). The Kier molecular flexibility index (Phi) is 3.66. The molecule has 0 heterocycles. The van der Waals surface area contributed by atoms with Crippen molar-refractivity contribution in [2.24, 2.45) is 0 Å². The van der Waals surface area contributed by atoms with Crippen LogP contribution in [0, 0.1) is 10.7 Å². The van der Waals surface area contributed by atoms with E-state index in [1.807, 2.05) is 0 Å². The molecule has 0 spiro atoms. The molecule has 0 aliphatic carbocycles. The molecule has 0 amide bonds. The van der Waals surface area contributed by atoms with E-state index in [-0.39, 0.29) is 0 Å². The van der Waals surface area contributed by atoms with Gasteiger partial charge in [0, 0.05) is 0 Å². The van der Waals surface area contributed by atoms with Gasteiger partial charge in [0.15, 0.2) is 0 Å². The number of rotatable bonds is 0. The topological polar surface area (TPSA) is 23.8 Å². The SMILES string of the molecule is N#C[S][Mn]. The fraction of sp³-hybridized carbons (Fsp3) is 0. The minimum absolute atomic E-state index is 0.975. The predicted molar refractivity (Wildman–Crippen MR) is 13.2 cm³/mol. The van der Waals surface area contributed by atoms with E-state index in [1.54, 1.807) is 5.40 Å². The number of hydrogen-bond donors (Lipinski definition) is 0. The molecule has 0 aromatic carbocycles. The molecule has 0 aliphatic rings. The van der Waals surface area contributed by atoms with Gasteiger partial charge in [-0.1, -0.05) is 0 Å². The van der Waals surface area contributed by atoms with E-state index in [0.29, 0.717) is 0 Å². The van der Waals surface area contributed by atoms with Gasteiger partial charge in [-0.25, -0.2) is 0 Å². The molecule has 3 heteroatoms. The van der Waals surface area contributed by atoms with Gasteiger partial charge in [0.05, 0.1) is 0 Å². The summed E-state index contributed by atoms with van der Waals surface area (Å²) >= 11 is 2.80. The third-order valence-corrected chi connectivity index (χ3v) is 0.427. The first-order chi connectivity index (χ1) is 1.91. The molecular weight excluding hydrogens is 113 g/mol. The molecule has 0 aromatic rings. The van der Waals surface area contributed by atoms with E-state index in [2.05, 4.69) is 14.9 Å². The van der Waals surface area contributed by atoms with Crippen molar-refractivity contribution in [3.63, 3.8) is 0 Å². The third-order valence-electron chi connectivity index (χ3n) is 0.0345. The zero-order valence-electron chi connectivity index (χ0n) is 1.73. The summed E-state index contributed by atoms with van der Waals surface area (Å²) in [4.78, 5) is 0. The Hall–Kier alpha value is 0.359. The van der Waals surface area contributed by atoms with Crippen LogP contribution in [-0.4, -0.2) is 0 Å².